The van der Waals surface area contributed by atoms with Gasteiger partial charge >= 0.3 is 0 Å². The number of nitrogens with zero attached hydrogens (tertiary/aromatic N) is 2. The molecule has 1 N–H and O–H groups in total. The van der Waals surface area contributed by atoms with E-state index in [0.717, 1.165) is 5.69 Å². The smallest absolute Gasteiger partial charge is 0.270 e. The van der Waals surface area contributed by atoms with Gasteiger partial charge in [-0.05, 0) is 39.8 Å². The predicted molar refractivity (Wildman–Crippen MR) is 73.4 cm³/mol. The minimum Gasteiger partial charge on any atom is -0.347 e. The quantitative estimate of drug-likeness (QED) is 0.844. The van der Waals surface area contributed by atoms with Gasteiger partial charge in [0.15, 0.2) is 0 Å². The number of hydrogen-bond donors (Lipinski definition) is 1. The van der Waals surface area contributed by atoms with Crippen LogP contribution in [0.3, 0.4) is 0 Å². The average Bonchev–Trinajstić information content (AvgIpc) is 2.26. The Balaban J connectivity index is 2.58. The molecule has 0 saturated heterocycles. The molecular formula is C14H17N3O2. The highest BCUT2D eigenvalue weighted by atomic mass is 16.2. The predicted octanol–water partition coefficient (Wildman–Crippen LogP) is 1.53. The lowest BCUT2D eigenvalue weighted by Gasteiger charge is -2.20. The molecule has 0 aliphatic heterocycles. The van der Waals surface area contributed by atoms with E-state index in [0.29, 0.717) is 5.65 Å². The molecule has 0 atom stereocenters. The SMILES string of the molecule is Cc1cccc2ncc(C(=O)NC(C)(C)C)c(=O)n12. The highest BCUT2D eigenvalue weighted by Gasteiger charge is 2.19. The topological polar surface area (TPSA) is 63.5 Å². The number of aromatic nitrogens is 2. The van der Waals surface area contributed by atoms with Crippen molar-refractivity contribution in [3.8, 4) is 0 Å². The maximum absolute atomic E-state index is 12.3. The summed E-state index contributed by atoms with van der Waals surface area (Å²) in [5, 5.41) is 2.77. The number of carbonyl (C=O) groups is 1. The molecule has 0 aromatic carbocycles. The van der Waals surface area contributed by atoms with Crippen LogP contribution in [0.15, 0.2) is 29.2 Å². The van der Waals surface area contributed by atoms with E-state index in [9.17, 15) is 9.59 Å². The molecule has 0 saturated carbocycles. The molecule has 0 aliphatic rings. The number of fused-ring (bicyclic) bond motifs is 1. The van der Waals surface area contributed by atoms with Gasteiger partial charge in [0.1, 0.15) is 11.2 Å². The summed E-state index contributed by atoms with van der Waals surface area (Å²) in [6.07, 6.45) is 1.33. The zero-order valence-electron chi connectivity index (χ0n) is 11.5. The molecule has 0 spiro atoms. The summed E-state index contributed by atoms with van der Waals surface area (Å²) in [6.45, 7) is 7.40. The van der Waals surface area contributed by atoms with Crippen LogP contribution in [0.4, 0.5) is 0 Å². The van der Waals surface area contributed by atoms with Crippen LogP contribution < -0.4 is 10.9 Å². The summed E-state index contributed by atoms with van der Waals surface area (Å²) in [5.41, 5.74) is 0.610. The Kier molecular flexibility index (Phi) is 3.14. The van der Waals surface area contributed by atoms with Crippen LogP contribution in [0.25, 0.3) is 5.65 Å². The Hall–Kier alpha value is -2.17. The molecule has 19 heavy (non-hydrogen) atoms. The molecule has 2 rings (SSSR count). The van der Waals surface area contributed by atoms with Crippen LogP contribution in [0, 0.1) is 6.92 Å². The normalized spacial score (nSPS) is 11.6. The minimum absolute atomic E-state index is 0.0572. The third-order valence-corrected chi connectivity index (χ3v) is 2.66. The van der Waals surface area contributed by atoms with Crippen molar-refractivity contribution in [3.05, 3.63) is 46.0 Å². The summed E-state index contributed by atoms with van der Waals surface area (Å²) in [7, 11) is 0. The maximum atomic E-state index is 12.3. The van der Waals surface area contributed by atoms with Crippen molar-refractivity contribution < 1.29 is 4.79 Å². The lowest BCUT2D eigenvalue weighted by atomic mass is 10.1. The van der Waals surface area contributed by atoms with Gasteiger partial charge in [-0.15, -0.1) is 0 Å². The first-order chi connectivity index (χ1) is 8.79. The van der Waals surface area contributed by atoms with Gasteiger partial charge in [0.05, 0.1) is 0 Å². The number of carbonyl (C=O) groups excluding carboxylic acids is 1. The number of amides is 1. The van der Waals surface area contributed by atoms with E-state index in [4.69, 9.17) is 0 Å². The average molecular weight is 259 g/mol. The Labute approximate surface area is 111 Å². The Morgan fingerprint density at radius 1 is 1.32 bits per heavy atom. The van der Waals surface area contributed by atoms with Crippen LogP contribution in [0.2, 0.25) is 0 Å². The highest BCUT2D eigenvalue weighted by Crippen LogP contribution is 2.04. The second-order valence-electron chi connectivity index (χ2n) is 5.54. The number of pyridine rings is 1. The largest absolute Gasteiger partial charge is 0.347 e. The van der Waals surface area contributed by atoms with E-state index in [-0.39, 0.29) is 11.1 Å². The van der Waals surface area contributed by atoms with Gasteiger partial charge < -0.3 is 5.32 Å². The van der Waals surface area contributed by atoms with E-state index >= 15 is 0 Å². The zero-order valence-corrected chi connectivity index (χ0v) is 11.5. The van der Waals surface area contributed by atoms with Crippen molar-refractivity contribution in [1.29, 1.82) is 0 Å². The number of nitrogens with one attached hydrogen (secondary N) is 1. The van der Waals surface area contributed by atoms with Gasteiger partial charge in [-0.25, -0.2) is 4.98 Å². The molecule has 2 aromatic heterocycles. The molecule has 100 valence electrons. The van der Waals surface area contributed by atoms with Crippen molar-refractivity contribution in [2.24, 2.45) is 0 Å². The second kappa shape index (κ2) is 4.50. The zero-order chi connectivity index (χ0) is 14.2. The third kappa shape index (κ3) is 2.65. The molecule has 0 radical (unpaired) electrons. The van der Waals surface area contributed by atoms with Crippen LogP contribution in [-0.2, 0) is 0 Å². The first kappa shape index (κ1) is 13.3. The van der Waals surface area contributed by atoms with Crippen LogP contribution in [-0.4, -0.2) is 20.8 Å². The molecule has 0 fully saturated rings. The fraction of sp³-hybridized carbons (Fsp3) is 0.357. The monoisotopic (exact) mass is 259 g/mol. The van der Waals surface area contributed by atoms with Crippen molar-refractivity contribution in [2.75, 3.05) is 0 Å². The van der Waals surface area contributed by atoms with E-state index < -0.39 is 11.4 Å². The highest BCUT2D eigenvalue weighted by molar-refractivity contribution is 5.94. The molecule has 5 nitrogen and oxygen atoms in total. The number of aryl methyl sites for hydroxylation is 1. The van der Waals surface area contributed by atoms with Crippen LogP contribution >= 0.6 is 0 Å². The standard InChI is InChI=1S/C14H17N3O2/c1-9-6-5-7-11-15-8-10(13(19)17(9)11)12(18)16-14(2,3)4/h5-8H,1-4H3,(H,16,18). The minimum atomic E-state index is -0.400. The molecular weight excluding hydrogens is 242 g/mol. The second-order valence-corrected chi connectivity index (χ2v) is 5.54. The summed E-state index contributed by atoms with van der Waals surface area (Å²) >= 11 is 0. The molecule has 0 unspecified atom stereocenters. The lowest BCUT2D eigenvalue weighted by molar-refractivity contribution is 0.0917. The first-order valence-corrected chi connectivity index (χ1v) is 6.09. The summed E-state index contributed by atoms with van der Waals surface area (Å²) in [4.78, 5) is 28.6. The molecule has 2 heterocycles. The summed E-state index contributed by atoms with van der Waals surface area (Å²) in [5.74, 6) is -0.400. The van der Waals surface area contributed by atoms with Crippen molar-refractivity contribution in [2.45, 2.75) is 33.2 Å². The summed E-state index contributed by atoms with van der Waals surface area (Å²) in [6, 6.07) is 5.37. The van der Waals surface area contributed by atoms with E-state index in [1.807, 2.05) is 39.8 Å². The summed E-state index contributed by atoms with van der Waals surface area (Å²) < 4.78 is 1.44. The molecule has 1 amide bonds. The van der Waals surface area contributed by atoms with Gasteiger partial charge in [0, 0.05) is 17.4 Å². The Bertz CT molecular complexity index is 696. The Morgan fingerprint density at radius 2 is 2.00 bits per heavy atom. The molecule has 0 aliphatic carbocycles. The maximum Gasteiger partial charge on any atom is 0.270 e. The van der Waals surface area contributed by atoms with Crippen LogP contribution in [0.5, 0.6) is 0 Å². The van der Waals surface area contributed by atoms with Gasteiger partial charge in [-0.1, -0.05) is 6.07 Å². The fourth-order valence-electron chi connectivity index (χ4n) is 1.84. The van der Waals surface area contributed by atoms with Crippen molar-refractivity contribution in [1.82, 2.24) is 14.7 Å². The fourth-order valence-corrected chi connectivity index (χ4v) is 1.84. The molecule has 0 bridgehead atoms. The van der Waals surface area contributed by atoms with Gasteiger partial charge in [0.2, 0.25) is 0 Å². The molecule has 2 aromatic rings. The molecule has 5 heteroatoms. The van der Waals surface area contributed by atoms with Gasteiger partial charge in [-0.2, -0.15) is 0 Å². The van der Waals surface area contributed by atoms with Gasteiger partial charge in [-0.3, -0.25) is 14.0 Å². The van der Waals surface area contributed by atoms with Gasteiger partial charge in [0.25, 0.3) is 11.5 Å². The van der Waals surface area contributed by atoms with E-state index in [2.05, 4.69) is 10.3 Å². The lowest BCUT2D eigenvalue weighted by Crippen LogP contribution is -2.43. The van der Waals surface area contributed by atoms with Crippen molar-refractivity contribution >= 4 is 11.6 Å². The Morgan fingerprint density at radius 3 is 2.63 bits per heavy atom. The van der Waals surface area contributed by atoms with Crippen LogP contribution in [0.1, 0.15) is 36.8 Å². The first-order valence-electron chi connectivity index (χ1n) is 6.09. The van der Waals surface area contributed by atoms with E-state index in [1.54, 1.807) is 6.07 Å². The number of rotatable bonds is 1. The van der Waals surface area contributed by atoms with E-state index in [1.165, 1.54) is 10.6 Å². The third-order valence-electron chi connectivity index (χ3n) is 2.66. The van der Waals surface area contributed by atoms with Crippen molar-refractivity contribution in [3.63, 3.8) is 0 Å². The number of hydrogen-bond acceptors (Lipinski definition) is 3.